The monoisotopic (exact) mass is 369 g/mol. The molecule has 1 aliphatic rings. The SMILES string of the molecule is COc1ccc(S(=O)(=O)N2CCCc3cc(CN)ccc32)cn1.Cl. The second kappa shape index (κ2) is 7.38. The first-order valence-electron chi connectivity index (χ1n) is 7.41. The molecule has 6 nitrogen and oxygen atoms in total. The van der Waals surface area contributed by atoms with Crippen LogP contribution in [-0.2, 0) is 23.0 Å². The molecule has 0 saturated heterocycles. The van der Waals surface area contributed by atoms with Gasteiger partial charge in [-0.3, -0.25) is 4.31 Å². The van der Waals surface area contributed by atoms with Crippen LogP contribution in [0.4, 0.5) is 5.69 Å². The lowest BCUT2D eigenvalue weighted by atomic mass is 10.0. The van der Waals surface area contributed by atoms with E-state index in [9.17, 15) is 8.42 Å². The van der Waals surface area contributed by atoms with Crippen molar-refractivity contribution < 1.29 is 13.2 Å². The molecule has 2 heterocycles. The third kappa shape index (κ3) is 3.33. The zero-order valence-corrected chi connectivity index (χ0v) is 14.9. The molecule has 2 aromatic rings. The van der Waals surface area contributed by atoms with Crippen molar-refractivity contribution in [1.82, 2.24) is 4.98 Å². The first-order chi connectivity index (χ1) is 11.1. The van der Waals surface area contributed by atoms with Crippen molar-refractivity contribution in [2.24, 2.45) is 5.73 Å². The largest absolute Gasteiger partial charge is 0.481 e. The van der Waals surface area contributed by atoms with E-state index in [0.29, 0.717) is 19.0 Å². The van der Waals surface area contributed by atoms with Crippen molar-refractivity contribution in [3.8, 4) is 5.88 Å². The minimum Gasteiger partial charge on any atom is -0.481 e. The Kier molecular flexibility index (Phi) is 5.69. The van der Waals surface area contributed by atoms with Crippen LogP contribution >= 0.6 is 12.4 Å². The van der Waals surface area contributed by atoms with Gasteiger partial charge in [0.1, 0.15) is 4.90 Å². The number of aromatic nitrogens is 1. The summed E-state index contributed by atoms with van der Waals surface area (Å²) in [4.78, 5) is 4.16. The number of nitrogens with two attached hydrogens (primary N) is 1. The second-order valence-electron chi connectivity index (χ2n) is 5.38. The molecule has 0 atom stereocenters. The predicted molar refractivity (Wildman–Crippen MR) is 95.2 cm³/mol. The molecule has 2 N–H and O–H groups in total. The zero-order chi connectivity index (χ0) is 16.4. The van der Waals surface area contributed by atoms with E-state index in [2.05, 4.69) is 4.98 Å². The van der Waals surface area contributed by atoms with Gasteiger partial charge in [-0.15, -0.1) is 12.4 Å². The average Bonchev–Trinajstić information content (AvgIpc) is 2.60. The summed E-state index contributed by atoms with van der Waals surface area (Å²) in [6, 6.07) is 8.77. The summed E-state index contributed by atoms with van der Waals surface area (Å²) in [6.07, 6.45) is 2.97. The molecule has 0 unspecified atom stereocenters. The highest BCUT2D eigenvalue weighted by molar-refractivity contribution is 7.92. The van der Waals surface area contributed by atoms with Gasteiger partial charge in [0.2, 0.25) is 5.88 Å². The molecule has 1 aromatic carbocycles. The Morgan fingerprint density at radius 2 is 2.08 bits per heavy atom. The van der Waals surface area contributed by atoms with Crippen molar-refractivity contribution in [2.45, 2.75) is 24.3 Å². The Morgan fingerprint density at radius 1 is 1.29 bits per heavy atom. The Hall–Kier alpha value is -1.83. The number of ether oxygens (including phenoxy) is 1. The summed E-state index contributed by atoms with van der Waals surface area (Å²) >= 11 is 0. The van der Waals surface area contributed by atoms with Crippen molar-refractivity contribution in [3.63, 3.8) is 0 Å². The van der Waals surface area contributed by atoms with Crippen LogP contribution in [0.15, 0.2) is 41.4 Å². The quantitative estimate of drug-likeness (QED) is 0.892. The van der Waals surface area contributed by atoms with E-state index in [4.69, 9.17) is 10.5 Å². The minimum atomic E-state index is -3.64. The fourth-order valence-electron chi connectivity index (χ4n) is 2.76. The van der Waals surface area contributed by atoms with Crippen LogP contribution < -0.4 is 14.8 Å². The van der Waals surface area contributed by atoms with Crippen molar-refractivity contribution >= 4 is 28.1 Å². The summed E-state index contributed by atoms with van der Waals surface area (Å²) in [5.41, 5.74) is 8.42. The number of nitrogens with zero attached hydrogens (tertiary/aromatic N) is 2. The molecule has 0 saturated carbocycles. The summed E-state index contributed by atoms with van der Waals surface area (Å²) in [6.45, 7) is 0.908. The molecule has 0 spiro atoms. The van der Waals surface area contributed by atoms with E-state index in [-0.39, 0.29) is 17.3 Å². The Labute approximate surface area is 148 Å². The van der Waals surface area contributed by atoms with Gasteiger partial charge in [-0.2, -0.15) is 0 Å². The second-order valence-corrected chi connectivity index (χ2v) is 7.25. The highest BCUT2D eigenvalue weighted by atomic mass is 35.5. The number of fused-ring (bicyclic) bond motifs is 1. The highest BCUT2D eigenvalue weighted by Gasteiger charge is 2.29. The fraction of sp³-hybridized carbons (Fsp3) is 0.312. The first kappa shape index (κ1) is 18.5. The van der Waals surface area contributed by atoms with Gasteiger partial charge in [-0.25, -0.2) is 13.4 Å². The first-order valence-corrected chi connectivity index (χ1v) is 8.85. The van der Waals surface area contributed by atoms with Crippen molar-refractivity contribution in [1.29, 1.82) is 0 Å². The fourth-order valence-corrected chi connectivity index (χ4v) is 4.25. The number of sulfonamides is 1. The van der Waals surface area contributed by atoms with Crippen LogP contribution in [0.1, 0.15) is 17.5 Å². The van der Waals surface area contributed by atoms with E-state index in [1.165, 1.54) is 23.7 Å². The van der Waals surface area contributed by atoms with E-state index >= 15 is 0 Å². The lowest BCUT2D eigenvalue weighted by Crippen LogP contribution is -2.35. The van der Waals surface area contributed by atoms with E-state index < -0.39 is 10.0 Å². The Morgan fingerprint density at radius 3 is 2.71 bits per heavy atom. The Bertz CT molecular complexity index is 810. The van der Waals surface area contributed by atoms with E-state index in [0.717, 1.165) is 29.7 Å². The summed E-state index contributed by atoms with van der Waals surface area (Å²) in [5.74, 6) is 0.385. The number of anilines is 1. The average molecular weight is 370 g/mol. The summed E-state index contributed by atoms with van der Waals surface area (Å²) < 4.78 is 32.3. The van der Waals surface area contributed by atoms with Gasteiger partial charge in [0.05, 0.1) is 19.0 Å². The molecule has 0 fully saturated rings. The van der Waals surface area contributed by atoms with Gasteiger partial charge in [0.15, 0.2) is 0 Å². The smallest absolute Gasteiger partial charge is 0.265 e. The number of methoxy groups -OCH3 is 1. The molecule has 0 radical (unpaired) electrons. The molecular formula is C16H20ClN3O3S. The number of pyridine rings is 1. The lowest BCUT2D eigenvalue weighted by Gasteiger charge is -2.30. The maximum Gasteiger partial charge on any atom is 0.265 e. The molecule has 0 amide bonds. The number of hydrogen-bond donors (Lipinski definition) is 1. The molecule has 1 aromatic heterocycles. The highest BCUT2D eigenvalue weighted by Crippen LogP contribution is 2.32. The molecule has 24 heavy (non-hydrogen) atoms. The molecule has 130 valence electrons. The maximum absolute atomic E-state index is 12.9. The van der Waals surface area contributed by atoms with Gasteiger partial charge < -0.3 is 10.5 Å². The third-order valence-electron chi connectivity index (χ3n) is 3.96. The van der Waals surface area contributed by atoms with Crippen LogP contribution in [-0.4, -0.2) is 27.1 Å². The van der Waals surface area contributed by atoms with E-state index in [1.807, 2.05) is 18.2 Å². The van der Waals surface area contributed by atoms with Crippen LogP contribution in [0.3, 0.4) is 0 Å². The topological polar surface area (TPSA) is 85.5 Å². The predicted octanol–water partition coefficient (Wildman–Crippen LogP) is 2.11. The summed E-state index contributed by atoms with van der Waals surface area (Å²) in [7, 11) is -2.14. The van der Waals surface area contributed by atoms with E-state index in [1.54, 1.807) is 6.07 Å². The van der Waals surface area contributed by atoms with Crippen molar-refractivity contribution in [2.75, 3.05) is 18.0 Å². The third-order valence-corrected chi connectivity index (χ3v) is 5.76. The molecular weight excluding hydrogens is 350 g/mol. The normalized spacial score (nSPS) is 13.8. The number of aryl methyl sites for hydroxylation is 1. The minimum absolute atomic E-state index is 0. The number of hydrogen-bond acceptors (Lipinski definition) is 5. The van der Waals surface area contributed by atoms with Gasteiger partial charge >= 0.3 is 0 Å². The molecule has 0 bridgehead atoms. The zero-order valence-electron chi connectivity index (χ0n) is 13.3. The lowest BCUT2D eigenvalue weighted by molar-refractivity contribution is 0.397. The van der Waals surface area contributed by atoms with Gasteiger partial charge in [0, 0.05) is 19.2 Å². The van der Waals surface area contributed by atoms with Crippen LogP contribution in [0.2, 0.25) is 0 Å². The summed E-state index contributed by atoms with van der Waals surface area (Å²) in [5, 5.41) is 0. The number of rotatable bonds is 4. The molecule has 3 rings (SSSR count). The molecule has 0 aliphatic carbocycles. The standard InChI is InChI=1S/C16H19N3O3S.ClH/c1-22-16-7-5-14(11-18-16)23(20,21)19-8-2-3-13-9-12(10-17)4-6-15(13)19;/h4-7,9,11H,2-3,8,10,17H2,1H3;1H. The van der Waals surface area contributed by atoms with Gasteiger partial charge in [0.25, 0.3) is 10.0 Å². The Balaban J connectivity index is 0.00000208. The van der Waals surface area contributed by atoms with Crippen LogP contribution in [0.5, 0.6) is 5.88 Å². The van der Waals surface area contributed by atoms with Crippen LogP contribution in [0, 0.1) is 0 Å². The number of halogens is 1. The molecule has 1 aliphatic heterocycles. The van der Waals surface area contributed by atoms with Gasteiger partial charge in [-0.05, 0) is 36.1 Å². The molecule has 8 heteroatoms. The van der Waals surface area contributed by atoms with Gasteiger partial charge in [-0.1, -0.05) is 12.1 Å². The van der Waals surface area contributed by atoms with Crippen molar-refractivity contribution in [3.05, 3.63) is 47.7 Å². The van der Waals surface area contributed by atoms with Crippen LogP contribution in [0.25, 0.3) is 0 Å². The number of benzene rings is 1. The maximum atomic E-state index is 12.9.